The van der Waals surface area contributed by atoms with Gasteiger partial charge in [0, 0.05) is 37.0 Å². The van der Waals surface area contributed by atoms with Gasteiger partial charge in [-0.25, -0.2) is 4.98 Å². The van der Waals surface area contributed by atoms with E-state index in [2.05, 4.69) is 15.2 Å². The van der Waals surface area contributed by atoms with E-state index in [1.54, 1.807) is 0 Å². The molecule has 1 amide bonds. The van der Waals surface area contributed by atoms with E-state index < -0.39 is 0 Å². The zero-order valence-electron chi connectivity index (χ0n) is 13.8. The molecule has 1 aliphatic heterocycles. The summed E-state index contributed by atoms with van der Waals surface area (Å²) in [4.78, 5) is 19.1. The third kappa shape index (κ3) is 3.14. The number of nitrogens with zero attached hydrogens (tertiary/aromatic N) is 5. The van der Waals surface area contributed by atoms with Crippen LogP contribution in [-0.4, -0.2) is 50.0 Å². The highest BCUT2D eigenvalue weighted by atomic mass is 32.1. The summed E-state index contributed by atoms with van der Waals surface area (Å²) >= 11 is 1.50. The van der Waals surface area contributed by atoms with Crippen molar-refractivity contribution in [2.24, 2.45) is 5.73 Å². The summed E-state index contributed by atoms with van der Waals surface area (Å²) in [6.45, 7) is 1.96. The van der Waals surface area contributed by atoms with E-state index in [1.807, 2.05) is 39.1 Å². The number of carbonyl (C=O) groups is 1. The number of nitrogens with two attached hydrogens (primary N) is 1. The van der Waals surface area contributed by atoms with Gasteiger partial charge in [0.1, 0.15) is 11.5 Å². The molecule has 0 radical (unpaired) electrons. The van der Waals surface area contributed by atoms with Gasteiger partial charge in [-0.1, -0.05) is 6.07 Å². The molecule has 130 valence electrons. The first kappa shape index (κ1) is 16.2. The highest BCUT2D eigenvalue weighted by molar-refractivity contribution is 7.09. The predicted octanol–water partition coefficient (Wildman–Crippen LogP) is 1.71. The zero-order valence-corrected chi connectivity index (χ0v) is 14.7. The second kappa shape index (κ2) is 6.89. The van der Waals surface area contributed by atoms with E-state index in [0.29, 0.717) is 25.2 Å². The van der Waals surface area contributed by atoms with Gasteiger partial charge in [-0.3, -0.25) is 9.20 Å². The number of likely N-dealkylation sites (tertiary alicyclic amines) is 1. The molecule has 3 aromatic rings. The SMILES string of the molecule is NCCc1nc(C(=O)N2CCCC(c3nnc4ccccn34)C2)cs1. The van der Waals surface area contributed by atoms with Crippen LogP contribution >= 0.6 is 11.3 Å². The summed E-state index contributed by atoms with van der Waals surface area (Å²) in [7, 11) is 0. The van der Waals surface area contributed by atoms with Gasteiger partial charge in [-0.15, -0.1) is 21.5 Å². The van der Waals surface area contributed by atoms with Crippen LogP contribution in [0.2, 0.25) is 0 Å². The number of hydrogen-bond acceptors (Lipinski definition) is 6. The first-order valence-corrected chi connectivity index (χ1v) is 9.37. The fourth-order valence-electron chi connectivity index (χ4n) is 3.32. The number of piperidine rings is 1. The molecular weight excluding hydrogens is 336 g/mol. The van der Waals surface area contributed by atoms with E-state index in [-0.39, 0.29) is 11.8 Å². The molecule has 8 heteroatoms. The second-order valence-electron chi connectivity index (χ2n) is 6.24. The van der Waals surface area contributed by atoms with E-state index in [4.69, 9.17) is 5.73 Å². The number of carbonyl (C=O) groups excluding carboxylic acids is 1. The molecule has 1 unspecified atom stereocenters. The standard InChI is InChI=1S/C17H20N6OS/c18-7-6-15-19-13(11-25-15)17(24)22-8-3-4-12(10-22)16-21-20-14-5-1-2-9-23(14)16/h1-2,5,9,11-12H,3-4,6-8,10,18H2. The first-order chi connectivity index (χ1) is 12.3. The van der Waals surface area contributed by atoms with Crippen LogP contribution in [0.25, 0.3) is 5.65 Å². The molecule has 0 saturated carbocycles. The summed E-state index contributed by atoms with van der Waals surface area (Å²) in [5.41, 5.74) is 6.93. The number of amides is 1. The quantitative estimate of drug-likeness (QED) is 0.769. The van der Waals surface area contributed by atoms with Crippen LogP contribution in [0.4, 0.5) is 0 Å². The summed E-state index contributed by atoms with van der Waals surface area (Å²) in [5.74, 6) is 1.12. The van der Waals surface area contributed by atoms with Crippen molar-refractivity contribution in [2.75, 3.05) is 19.6 Å². The molecular formula is C17H20N6OS. The molecule has 3 aromatic heterocycles. The molecule has 1 aliphatic rings. The maximum absolute atomic E-state index is 12.8. The Morgan fingerprint density at radius 3 is 3.16 bits per heavy atom. The van der Waals surface area contributed by atoms with Crippen molar-refractivity contribution >= 4 is 22.9 Å². The van der Waals surface area contributed by atoms with Crippen molar-refractivity contribution in [1.29, 1.82) is 0 Å². The van der Waals surface area contributed by atoms with Gasteiger partial charge in [0.2, 0.25) is 0 Å². The molecule has 0 aliphatic carbocycles. The third-order valence-electron chi connectivity index (χ3n) is 4.54. The average Bonchev–Trinajstić information content (AvgIpc) is 3.28. The largest absolute Gasteiger partial charge is 0.337 e. The number of hydrogen-bond donors (Lipinski definition) is 1. The van der Waals surface area contributed by atoms with Crippen molar-refractivity contribution in [3.05, 3.63) is 46.3 Å². The second-order valence-corrected chi connectivity index (χ2v) is 7.19. The van der Waals surface area contributed by atoms with Crippen LogP contribution in [0, 0.1) is 0 Å². The van der Waals surface area contributed by atoms with Crippen molar-refractivity contribution in [3.63, 3.8) is 0 Å². The van der Waals surface area contributed by atoms with Crippen molar-refractivity contribution < 1.29 is 4.79 Å². The zero-order chi connectivity index (χ0) is 17.2. The average molecular weight is 356 g/mol. The number of aromatic nitrogens is 4. The number of pyridine rings is 1. The van der Waals surface area contributed by atoms with Crippen molar-refractivity contribution in [1.82, 2.24) is 24.5 Å². The van der Waals surface area contributed by atoms with Gasteiger partial charge in [0.05, 0.1) is 5.01 Å². The highest BCUT2D eigenvalue weighted by Gasteiger charge is 2.29. The summed E-state index contributed by atoms with van der Waals surface area (Å²) in [6.07, 6.45) is 4.66. The van der Waals surface area contributed by atoms with Crippen LogP contribution in [0.3, 0.4) is 0 Å². The Bertz CT molecular complexity index is 888. The van der Waals surface area contributed by atoms with Crippen molar-refractivity contribution in [3.8, 4) is 0 Å². The van der Waals surface area contributed by atoms with Crippen LogP contribution in [0.5, 0.6) is 0 Å². The monoisotopic (exact) mass is 356 g/mol. The van der Waals surface area contributed by atoms with Crippen LogP contribution in [0.15, 0.2) is 29.8 Å². The number of fused-ring (bicyclic) bond motifs is 1. The van der Waals surface area contributed by atoms with Gasteiger partial charge < -0.3 is 10.6 Å². The molecule has 0 spiro atoms. The van der Waals surface area contributed by atoms with Gasteiger partial charge in [-0.2, -0.15) is 0 Å². The lowest BCUT2D eigenvalue weighted by Gasteiger charge is -2.31. The predicted molar refractivity (Wildman–Crippen MR) is 95.7 cm³/mol. The minimum Gasteiger partial charge on any atom is -0.337 e. The molecule has 1 saturated heterocycles. The molecule has 1 atom stereocenters. The highest BCUT2D eigenvalue weighted by Crippen LogP contribution is 2.27. The fourth-order valence-corrected chi connectivity index (χ4v) is 4.11. The smallest absolute Gasteiger partial charge is 0.273 e. The maximum Gasteiger partial charge on any atom is 0.273 e. The molecule has 0 aromatic carbocycles. The van der Waals surface area contributed by atoms with Crippen LogP contribution in [-0.2, 0) is 6.42 Å². The van der Waals surface area contributed by atoms with Gasteiger partial charge in [0.25, 0.3) is 5.91 Å². The Hall–Kier alpha value is -2.32. The number of rotatable bonds is 4. The Kier molecular flexibility index (Phi) is 4.46. The Balaban J connectivity index is 1.53. The van der Waals surface area contributed by atoms with Gasteiger partial charge >= 0.3 is 0 Å². The van der Waals surface area contributed by atoms with Gasteiger partial charge in [-0.05, 0) is 31.5 Å². The summed E-state index contributed by atoms with van der Waals surface area (Å²) < 4.78 is 2.01. The minimum absolute atomic E-state index is 0.00181. The lowest BCUT2D eigenvalue weighted by Crippen LogP contribution is -2.39. The first-order valence-electron chi connectivity index (χ1n) is 8.49. The Morgan fingerprint density at radius 1 is 1.36 bits per heavy atom. The molecule has 2 N–H and O–H groups in total. The third-order valence-corrected chi connectivity index (χ3v) is 5.45. The fraction of sp³-hybridized carbons (Fsp3) is 0.412. The van der Waals surface area contributed by atoms with Crippen LogP contribution < -0.4 is 5.73 Å². The van der Waals surface area contributed by atoms with E-state index >= 15 is 0 Å². The maximum atomic E-state index is 12.8. The molecule has 4 heterocycles. The van der Waals surface area contributed by atoms with Gasteiger partial charge in [0.15, 0.2) is 5.65 Å². The lowest BCUT2D eigenvalue weighted by atomic mass is 9.97. The summed E-state index contributed by atoms with van der Waals surface area (Å²) in [5, 5.41) is 11.4. The topological polar surface area (TPSA) is 89.4 Å². The molecule has 1 fully saturated rings. The number of thiazole rings is 1. The molecule has 7 nitrogen and oxygen atoms in total. The Morgan fingerprint density at radius 2 is 2.28 bits per heavy atom. The summed E-state index contributed by atoms with van der Waals surface area (Å²) in [6, 6.07) is 5.86. The molecule has 0 bridgehead atoms. The van der Waals surface area contributed by atoms with E-state index in [1.165, 1.54) is 11.3 Å². The van der Waals surface area contributed by atoms with E-state index in [0.717, 1.165) is 35.9 Å². The normalized spacial score (nSPS) is 18.0. The minimum atomic E-state index is -0.00181. The lowest BCUT2D eigenvalue weighted by molar-refractivity contribution is 0.0699. The molecule has 4 rings (SSSR count). The van der Waals surface area contributed by atoms with Crippen LogP contribution in [0.1, 0.15) is 40.1 Å². The van der Waals surface area contributed by atoms with E-state index in [9.17, 15) is 4.79 Å². The van der Waals surface area contributed by atoms with Crippen molar-refractivity contribution in [2.45, 2.75) is 25.2 Å². The molecule has 25 heavy (non-hydrogen) atoms. The Labute approximate surface area is 149 Å².